The second-order valence-electron chi connectivity index (χ2n) is 4.96. The van der Waals surface area contributed by atoms with Crippen molar-refractivity contribution in [2.45, 2.75) is 0 Å². The summed E-state index contributed by atoms with van der Waals surface area (Å²) in [6, 6.07) is 7.58. The Bertz CT molecular complexity index is 612. The zero-order chi connectivity index (χ0) is 15.2. The van der Waals surface area contributed by atoms with Gasteiger partial charge in [-0.3, -0.25) is 4.79 Å². The Morgan fingerprint density at radius 1 is 1.38 bits per heavy atom. The smallest absolute Gasteiger partial charge is 0.261 e. The van der Waals surface area contributed by atoms with Crippen LogP contribution in [0.2, 0.25) is 0 Å². The van der Waals surface area contributed by atoms with Crippen molar-refractivity contribution in [3.05, 3.63) is 29.1 Å². The van der Waals surface area contributed by atoms with Gasteiger partial charge in [0.25, 0.3) is 5.91 Å². The van der Waals surface area contributed by atoms with Crippen LogP contribution in [0.25, 0.3) is 10.1 Å². The van der Waals surface area contributed by atoms with Crippen LogP contribution < -0.4 is 11.1 Å². The van der Waals surface area contributed by atoms with Crippen LogP contribution in [-0.4, -0.2) is 51.2 Å². The van der Waals surface area contributed by atoms with E-state index in [0.717, 1.165) is 28.1 Å². The van der Waals surface area contributed by atoms with E-state index in [9.17, 15) is 4.79 Å². The van der Waals surface area contributed by atoms with Crippen LogP contribution in [0.15, 0.2) is 24.3 Å². The van der Waals surface area contributed by atoms with Crippen molar-refractivity contribution in [3.8, 4) is 0 Å². The fraction of sp³-hybridized carbons (Fsp3) is 0.400. The SMILES string of the molecule is COCCN(C)CCNC(=O)c1cc2cc(N)ccc2s1. The van der Waals surface area contributed by atoms with Crippen LogP contribution in [-0.2, 0) is 4.74 Å². The Hall–Kier alpha value is -1.63. The van der Waals surface area contributed by atoms with Gasteiger partial charge in [-0.1, -0.05) is 0 Å². The van der Waals surface area contributed by atoms with Crippen molar-refractivity contribution in [1.29, 1.82) is 0 Å². The Morgan fingerprint density at radius 3 is 2.95 bits per heavy atom. The van der Waals surface area contributed by atoms with Crippen LogP contribution >= 0.6 is 11.3 Å². The predicted molar refractivity (Wildman–Crippen MR) is 87.9 cm³/mol. The highest BCUT2D eigenvalue weighted by molar-refractivity contribution is 7.20. The van der Waals surface area contributed by atoms with Gasteiger partial charge in [0.15, 0.2) is 0 Å². The lowest BCUT2D eigenvalue weighted by Crippen LogP contribution is -2.34. The lowest BCUT2D eigenvalue weighted by atomic mass is 10.2. The van der Waals surface area contributed by atoms with Gasteiger partial charge in [0.05, 0.1) is 11.5 Å². The number of nitrogens with zero attached hydrogens (tertiary/aromatic N) is 1. The molecule has 0 atom stereocenters. The standard InChI is InChI=1S/C15H21N3O2S/c1-18(7-8-20-2)6-5-17-15(19)14-10-11-9-12(16)3-4-13(11)21-14/h3-4,9-10H,5-8,16H2,1-2H3,(H,17,19). The molecule has 2 aromatic rings. The van der Waals surface area contributed by atoms with Gasteiger partial charge in [-0.15, -0.1) is 11.3 Å². The molecular weight excluding hydrogens is 286 g/mol. The highest BCUT2D eigenvalue weighted by atomic mass is 32.1. The molecule has 5 nitrogen and oxygen atoms in total. The van der Waals surface area contributed by atoms with Gasteiger partial charge in [0, 0.05) is 37.1 Å². The van der Waals surface area contributed by atoms with Gasteiger partial charge in [-0.25, -0.2) is 0 Å². The molecule has 0 unspecified atom stereocenters. The van der Waals surface area contributed by atoms with E-state index in [-0.39, 0.29) is 5.91 Å². The van der Waals surface area contributed by atoms with Crippen LogP contribution in [0.1, 0.15) is 9.67 Å². The monoisotopic (exact) mass is 307 g/mol. The second kappa shape index (κ2) is 7.40. The number of ether oxygens (including phenoxy) is 1. The molecule has 0 aliphatic heterocycles. The van der Waals surface area contributed by atoms with E-state index in [0.29, 0.717) is 18.8 Å². The Morgan fingerprint density at radius 2 is 2.19 bits per heavy atom. The van der Waals surface area contributed by atoms with Crippen molar-refractivity contribution < 1.29 is 9.53 Å². The molecule has 0 aliphatic rings. The van der Waals surface area contributed by atoms with Gasteiger partial charge >= 0.3 is 0 Å². The highest BCUT2D eigenvalue weighted by Crippen LogP contribution is 2.27. The molecule has 1 aromatic carbocycles. The number of likely N-dealkylation sites (N-methyl/N-ethyl adjacent to an activating group) is 1. The van der Waals surface area contributed by atoms with E-state index in [1.165, 1.54) is 11.3 Å². The molecule has 3 N–H and O–H groups in total. The fourth-order valence-electron chi connectivity index (χ4n) is 1.98. The molecule has 0 bridgehead atoms. The molecule has 0 aliphatic carbocycles. The Kier molecular flexibility index (Phi) is 5.55. The van der Waals surface area contributed by atoms with E-state index in [2.05, 4.69) is 10.2 Å². The summed E-state index contributed by atoms with van der Waals surface area (Å²) in [5.41, 5.74) is 6.47. The van der Waals surface area contributed by atoms with E-state index < -0.39 is 0 Å². The number of methoxy groups -OCH3 is 1. The Labute approximate surface area is 128 Å². The number of thiophene rings is 1. The van der Waals surface area contributed by atoms with Crippen molar-refractivity contribution >= 4 is 33.0 Å². The second-order valence-corrected chi connectivity index (χ2v) is 6.04. The van der Waals surface area contributed by atoms with E-state index >= 15 is 0 Å². The normalized spacial score (nSPS) is 11.2. The van der Waals surface area contributed by atoms with Crippen molar-refractivity contribution in [2.75, 3.05) is 46.1 Å². The van der Waals surface area contributed by atoms with Gasteiger partial charge < -0.3 is 20.7 Å². The zero-order valence-corrected chi connectivity index (χ0v) is 13.2. The number of nitrogens with two attached hydrogens (primary N) is 1. The lowest BCUT2D eigenvalue weighted by molar-refractivity contribution is 0.0951. The predicted octanol–water partition coefficient (Wildman–Crippen LogP) is 1.79. The number of carbonyl (C=O) groups is 1. The highest BCUT2D eigenvalue weighted by Gasteiger charge is 2.10. The number of fused-ring (bicyclic) bond motifs is 1. The molecule has 0 saturated carbocycles. The first-order chi connectivity index (χ1) is 10.1. The maximum atomic E-state index is 12.1. The van der Waals surface area contributed by atoms with Gasteiger partial charge in [0.1, 0.15) is 0 Å². The zero-order valence-electron chi connectivity index (χ0n) is 12.4. The maximum absolute atomic E-state index is 12.1. The third-order valence-corrected chi connectivity index (χ3v) is 4.34. The number of nitrogens with one attached hydrogen (secondary N) is 1. The minimum Gasteiger partial charge on any atom is -0.399 e. The number of rotatable bonds is 7. The average Bonchev–Trinajstić information content (AvgIpc) is 2.88. The fourth-order valence-corrected chi connectivity index (χ4v) is 2.94. The van der Waals surface area contributed by atoms with Crippen molar-refractivity contribution in [3.63, 3.8) is 0 Å². The molecule has 0 saturated heterocycles. The number of anilines is 1. The largest absolute Gasteiger partial charge is 0.399 e. The first-order valence-electron chi connectivity index (χ1n) is 6.85. The summed E-state index contributed by atoms with van der Waals surface area (Å²) < 4.78 is 6.09. The summed E-state index contributed by atoms with van der Waals surface area (Å²) in [7, 11) is 3.69. The molecule has 0 fully saturated rings. The number of carbonyl (C=O) groups excluding carboxylic acids is 1. The van der Waals surface area contributed by atoms with Crippen LogP contribution in [0.5, 0.6) is 0 Å². The molecule has 114 valence electrons. The van der Waals surface area contributed by atoms with Crippen LogP contribution in [0.3, 0.4) is 0 Å². The number of amides is 1. The van der Waals surface area contributed by atoms with Crippen molar-refractivity contribution in [1.82, 2.24) is 10.2 Å². The van der Waals surface area contributed by atoms with Gasteiger partial charge in [0.2, 0.25) is 0 Å². The molecular formula is C15H21N3O2S. The minimum atomic E-state index is -0.0325. The van der Waals surface area contributed by atoms with Crippen LogP contribution in [0, 0.1) is 0 Å². The van der Waals surface area contributed by atoms with E-state index in [4.69, 9.17) is 10.5 Å². The summed E-state index contributed by atoms with van der Waals surface area (Å²) >= 11 is 1.49. The average molecular weight is 307 g/mol. The van der Waals surface area contributed by atoms with Gasteiger partial charge in [-0.05, 0) is 36.7 Å². The van der Waals surface area contributed by atoms with Gasteiger partial charge in [-0.2, -0.15) is 0 Å². The molecule has 2 rings (SSSR count). The number of hydrogen-bond donors (Lipinski definition) is 2. The quantitative estimate of drug-likeness (QED) is 0.765. The summed E-state index contributed by atoms with van der Waals surface area (Å²) in [6.45, 7) is 2.97. The topological polar surface area (TPSA) is 67.6 Å². The van der Waals surface area contributed by atoms with Crippen molar-refractivity contribution in [2.24, 2.45) is 0 Å². The minimum absolute atomic E-state index is 0.0325. The number of hydrogen-bond acceptors (Lipinski definition) is 5. The molecule has 0 spiro atoms. The summed E-state index contributed by atoms with van der Waals surface area (Å²) in [5.74, 6) is -0.0325. The van der Waals surface area contributed by atoms with E-state index in [1.54, 1.807) is 7.11 Å². The number of nitrogen functional groups attached to an aromatic ring is 1. The van der Waals surface area contributed by atoms with E-state index in [1.807, 2.05) is 31.3 Å². The molecule has 1 amide bonds. The molecule has 1 heterocycles. The third-order valence-electron chi connectivity index (χ3n) is 3.22. The lowest BCUT2D eigenvalue weighted by Gasteiger charge is -2.15. The molecule has 0 radical (unpaired) electrons. The molecule has 6 heteroatoms. The first-order valence-corrected chi connectivity index (χ1v) is 7.66. The number of benzene rings is 1. The Balaban J connectivity index is 1.87. The summed E-state index contributed by atoms with van der Waals surface area (Å²) in [6.07, 6.45) is 0. The van der Waals surface area contributed by atoms with Crippen LogP contribution in [0.4, 0.5) is 5.69 Å². The summed E-state index contributed by atoms with van der Waals surface area (Å²) in [5, 5.41) is 3.96. The summed E-state index contributed by atoms with van der Waals surface area (Å²) in [4.78, 5) is 15.0. The first kappa shape index (κ1) is 15.8. The molecule has 21 heavy (non-hydrogen) atoms. The maximum Gasteiger partial charge on any atom is 0.261 e. The third kappa shape index (κ3) is 4.42. The molecule has 1 aromatic heterocycles.